The summed E-state index contributed by atoms with van der Waals surface area (Å²) < 4.78 is 7.26. The quantitative estimate of drug-likeness (QED) is 0.873. The number of rotatable bonds is 5. The van der Waals surface area contributed by atoms with Crippen molar-refractivity contribution in [3.63, 3.8) is 0 Å². The van der Waals surface area contributed by atoms with Gasteiger partial charge in [-0.3, -0.25) is 9.78 Å². The van der Waals surface area contributed by atoms with E-state index in [0.717, 1.165) is 17.0 Å². The Labute approximate surface area is 147 Å². The number of nitrogens with zero attached hydrogens (tertiary/aromatic N) is 2. The van der Waals surface area contributed by atoms with Crippen LogP contribution >= 0.6 is 0 Å². The van der Waals surface area contributed by atoms with Gasteiger partial charge in [0.15, 0.2) is 0 Å². The zero-order chi connectivity index (χ0) is 18.1. The molecule has 1 fully saturated rings. The molecule has 0 aliphatic heterocycles. The standard InChI is InChI=1S/C19H25N3O3/c1-11-5-17(12(2)22(11)3)19(24)21-18(13-6-15(23)7-13)14-8-16(25-4)10-20-9-14/h5,8-10,13,15,18,23H,6-7H2,1-4H3,(H,21,24). The Morgan fingerprint density at radius 2 is 2.08 bits per heavy atom. The van der Waals surface area contributed by atoms with Crippen LogP contribution in [0.5, 0.6) is 5.75 Å². The third-order valence-corrected chi connectivity index (χ3v) is 5.26. The number of carbonyl (C=O) groups excluding carboxylic acids is 1. The molecule has 0 bridgehead atoms. The van der Waals surface area contributed by atoms with Gasteiger partial charge in [0, 0.05) is 24.6 Å². The van der Waals surface area contributed by atoms with E-state index in [2.05, 4.69) is 10.3 Å². The third-order valence-electron chi connectivity index (χ3n) is 5.26. The van der Waals surface area contributed by atoms with Crippen LogP contribution in [0.1, 0.15) is 46.2 Å². The fraction of sp³-hybridized carbons (Fsp3) is 0.474. The van der Waals surface area contributed by atoms with Crippen molar-refractivity contribution in [2.45, 2.75) is 38.8 Å². The first-order chi connectivity index (χ1) is 11.9. The third kappa shape index (κ3) is 3.39. The Balaban J connectivity index is 1.87. The molecule has 25 heavy (non-hydrogen) atoms. The highest BCUT2D eigenvalue weighted by molar-refractivity contribution is 5.96. The van der Waals surface area contributed by atoms with Crippen molar-refractivity contribution in [1.82, 2.24) is 14.9 Å². The van der Waals surface area contributed by atoms with E-state index < -0.39 is 0 Å². The highest BCUT2D eigenvalue weighted by Crippen LogP contribution is 2.38. The second-order valence-corrected chi connectivity index (χ2v) is 6.84. The van der Waals surface area contributed by atoms with Crippen molar-refractivity contribution in [3.8, 4) is 5.75 Å². The normalized spacial score (nSPS) is 20.7. The fourth-order valence-electron chi connectivity index (χ4n) is 3.40. The summed E-state index contributed by atoms with van der Waals surface area (Å²) in [7, 11) is 3.55. The number of nitrogens with one attached hydrogen (secondary N) is 1. The average Bonchev–Trinajstić information content (AvgIpc) is 2.84. The van der Waals surface area contributed by atoms with Crippen molar-refractivity contribution in [3.05, 3.63) is 47.0 Å². The first-order valence-corrected chi connectivity index (χ1v) is 8.51. The highest BCUT2D eigenvalue weighted by atomic mass is 16.5. The molecular formula is C19H25N3O3. The minimum Gasteiger partial charge on any atom is -0.495 e. The lowest BCUT2D eigenvalue weighted by Crippen LogP contribution is -2.41. The number of aliphatic hydroxyl groups excluding tert-OH is 1. The Hall–Kier alpha value is -2.34. The fourth-order valence-corrected chi connectivity index (χ4v) is 3.40. The van der Waals surface area contributed by atoms with Gasteiger partial charge < -0.3 is 19.7 Å². The van der Waals surface area contributed by atoms with Gasteiger partial charge in [-0.25, -0.2) is 0 Å². The van der Waals surface area contributed by atoms with Gasteiger partial charge in [-0.05, 0) is 50.3 Å². The molecule has 1 atom stereocenters. The SMILES string of the molecule is COc1cncc(C(NC(=O)c2cc(C)n(C)c2C)C2CC(O)C2)c1. The summed E-state index contributed by atoms with van der Waals surface area (Å²) >= 11 is 0. The van der Waals surface area contributed by atoms with Crippen molar-refractivity contribution in [1.29, 1.82) is 0 Å². The molecule has 6 nitrogen and oxygen atoms in total. The minimum absolute atomic E-state index is 0.101. The second kappa shape index (κ2) is 6.88. The van der Waals surface area contributed by atoms with E-state index >= 15 is 0 Å². The van der Waals surface area contributed by atoms with Crippen LogP contribution in [-0.2, 0) is 7.05 Å². The van der Waals surface area contributed by atoms with E-state index in [4.69, 9.17) is 4.74 Å². The first kappa shape index (κ1) is 17.5. The number of amides is 1. The van der Waals surface area contributed by atoms with Crippen molar-refractivity contribution in [2.24, 2.45) is 13.0 Å². The summed E-state index contributed by atoms with van der Waals surface area (Å²) in [4.78, 5) is 17.1. The molecule has 2 heterocycles. The van der Waals surface area contributed by atoms with E-state index in [0.29, 0.717) is 24.2 Å². The second-order valence-electron chi connectivity index (χ2n) is 6.84. The lowest BCUT2D eigenvalue weighted by molar-refractivity contribution is 0.0234. The van der Waals surface area contributed by atoms with Crippen LogP contribution in [-0.4, -0.2) is 33.8 Å². The molecule has 3 rings (SSSR count). The van der Waals surface area contributed by atoms with Crippen LogP contribution in [0.3, 0.4) is 0 Å². The van der Waals surface area contributed by atoms with E-state index in [1.54, 1.807) is 19.5 Å². The summed E-state index contributed by atoms with van der Waals surface area (Å²) in [5.41, 5.74) is 3.56. The van der Waals surface area contributed by atoms with Gasteiger partial charge in [-0.1, -0.05) is 0 Å². The summed E-state index contributed by atoms with van der Waals surface area (Å²) in [6.07, 6.45) is 4.46. The van der Waals surface area contributed by atoms with Gasteiger partial charge in [0.25, 0.3) is 5.91 Å². The maximum atomic E-state index is 12.9. The molecule has 0 spiro atoms. The topological polar surface area (TPSA) is 76.4 Å². The monoisotopic (exact) mass is 343 g/mol. The van der Waals surface area contributed by atoms with Crippen LogP contribution in [0.25, 0.3) is 0 Å². The number of aryl methyl sites for hydroxylation is 1. The first-order valence-electron chi connectivity index (χ1n) is 8.51. The maximum Gasteiger partial charge on any atom is 0.253 e. The number of aromatic nitrogens is 2. The van der Waals surface area contributed by atoms with Crippen molar-refractivity contribution in [2.75, 3.05) is 7.11 Å². The number of hydrogen-bond acceptors (Lipinski definition) is 4. The summed E-state index contributed by atoms with van der Waals surface area (Å²) in [5, 5.41) is 12.8. The molecule has 6 heteroatoms. The van der Waals surface area contributed by atoms with Crippen LogP contribution in [0, 0.1) is 19.8 Å². The van der Waals surface area contributed by atoms with Crippen molar-refractivity contribution >= 4 is 5.91 Å². The number of pyridine rings is 1. The number of hydrogen-bond donors (Lipinski definition) is 2. The molecule has 2 N–H and O–H groups in total. The summed E-state index contributed by atoms with van der Waals surface area (Å²) in [5.74, 6) is 0.747. The van der Waals surface area contributed by atoms with Crippen LogP contribution < -0.4 is 10.1 Å². The molecule has 1 aliphatic rings. The van der Waals surface area contributed by atoms with Gasteiger partial charge >= 0.3 is 0 Å². The maximum absolute atomic E-state index is 12.9. The van der Waals surface area contributed by atoms with E-state index in [1.165, 1.54) is 0 Å². The number of carbonyl (C=O) groups is 1. The van der Waals surface area contributed by atoms with E-state index in [-0.39, 0.29) is 24.0 Å². The molecule has 0 aromatic carbocycles. The number of methoxy groups -OCH3 is 1. The molecule has 134 valence electrons. The molecule has 1 saturated carbocycles. The predicted molar refractivity (Wildman–Crippen MR) is 94.6 cm³/mol. The molecule has 0 radical (unpaired) electrons. The highest BCUT2D eigenvalue weighted by Gasteiger charge is 2.36. The van der Waals surface area contributed by atoms with Gasteiger partial charge in [-0.2, -0.15) is 0 Å². The van der Waals surface area contributed by atoms with Gasteiger partial charge in [-0.15, -0.1) is 0 Å². The molecule has 1 aliphatic carbocycles. The molecule has 0 saturated heterocycles. The number of ether oxygens (including phenoxy) is 1. The Bertz CT molecular complexity index is 778. The van der Waals surface area contributed by atoms with Crippen LogP contribution in [0.4, 0.5) is 0 Å². The zero-order valence-electron chi connectivity index (χ0n) is 15.1. The summed E-state index contributed by atoms with van der Waals surface area (Å²) in [6, 6.07) is 3.60. The Morgan fingerprint density at radius 3 is 2.64 bits per heavy atom. The number of aliphatic hydroxyl groups is 1. The van der Waals surface area contributed by atoms with Gasteiger partial charge in [0.2, 0.25) is 0 Å². The Morgan fingerprint density at radius 1 is 1.36 bits per heavy atom. The van der Waals surface area contributed by atoms with Crippen LogP contribution in [0.2, 0.25) is 0 Å². The van der Waals surface area contributed by atoms with E-state index in [1.807, 2.05) is 37.6 Å². The van der Waals surface area contributed by atoms with Crippen LogP contribution in [0.15, 0.2) is 24.5 Å². The predicted octanol–water partition coefficient (Wildman–Crippen LogP) is 2.29. The van der Waals surface area contributed by atoms with Gasteiger partial charge in [0.05, 0.1) is 31.0 Å². The molecule has 1 unspecified atom stereocenters. The Kier molecular flexibility index (Phi) is 4.81. The lowest BCUT2D eigenvalue weighted by atomic mass is 9.75. The molecular weight excluding hydrogens is 318 g/mol. The molecule has 2 aromatic rings. The molecule has 1 amide bonds. The molecule has 2 aromatic heterocycles. The lowest BCUT2D eigenvalue weighted by Gasteiger charge is -2.38. The van der Waals surface area contributed by atoms with E-state index in [9.17, 15) is 9.90 Å². The minimum atomic E-state index is -0.288. The zero-order valence-corrected chi connectivity index (χ0v) is 15.1. The average molecular weight is 343 g/mol. The smallest absolute Gasteiger partial charge is 0.253 e. The van der Waals surface area contributed by atoms with Crippen molar-refractivity contribution < 1.29 is 14.6 Å². The van der Waals surface area contributed by atoms with Gasteiger partial charge in [0.1, 0.15) is 5.75 Å². The summed E-state index contributed by atoms with van der Waals surface area (Å²) in [6.45, 7) is 3.92. The largest absolute Gasteiger partial charge is 0.495 e.